The van der Waals surface area contributed by atoms with Crippen LogP contribution in [0.4, 0.5) is 0 Å². The molecule has 0 N–H and O–H groups in total. The summed E-state index contributed by atoms with van der Waals surface area (Å²) in [5.41, 5.74) is 5.41. The summed E-state index contributed by atoms with van der Waals surface area (Å²) < 4.78 is 56.7. The maximum atomic E-state index is 8.49. The lowest BCUT2D eigenvalue weighted by Gasteiger charge is -2.42. The number of furan rings is 1. The Morgan fingerprint density at radius 2 is 1.44 bits per heavy atom. The Balaban J connectivity index is 1.54. The summed E-state index contributed by atoms with van der Waals surface area (Å²) in [6.07, 6.45) is 4.12. The Labute approximate surface area is 223 Å². The van der Waals surface area contributed by atoms with Crippen molar-refractivity contribution in [1.82, 2.24) is 0 Å². The lowest BCUT2D eigenvalue weighted by atomic mass is 9.63. The zero-order valence-corrected chi connectivity index (χ0v) is 21.2. The molecule has 4 aromatic carbocycles. The SMILES string of the molecule is [2H]C([2H])([2H])c1ccc(-c2cccc3c2oc2ccccc23)cc1-c1ccc(C2(C)CCC(C)(C)CC2)cc1C([2H])([2H])[2H]. The van der Waals surface area contributed by atoms with Gasteiger partial charge in [-0.05, 0) is 95.7 Å². The average Bonchev–Trinajstić information content (AvgIpc) is 3.32. The summed E-state index contributed by atoms with van der Waals surface area (Å²) in [5, 5.41) is 1.98. The van der Waals surface area contributed by atoms with Crippen LogP contribution in [0.25, 0.3) is 44.2 Å². The molecule has 0 saturated heterocycles. The van der Waals surface area contributed by atoms with Crippen molar-refractivity contribution < 1.29 is 12.6 Å². The highest BCUT2D eigenvalue weighted by atomic mass is 16.3. The molecule has 1 aromatic heterocycles. The van der Waals surface area contributed by atoms with E-state index in [2.05, 4.69) is 20.8 Å². The van der Waals surface area contributed by atoms with Gasteiger partial charge in [0.25, 0.3) is 0 Å². The lowest BCUT2D eigenvalue weighted by molar-refractivity contribution is 0.173. The number of rotatable bonds is 3. The predicted molar refractivity (Wildman–Crippen MR) is 154 cm³/mol. The Morgan fingerprint density at radius 1 is 0.667 bits per heavy atom. The molecular formula is C35H36O. The topological polar surface area (TPSA) is 13.1 Å². The largest absolute Gasteiger partial charge is 0.455 e. The minimum Gasteiger partial charge on any atom is -0.455 e. The molecule has 0 spiro atoms. The summed E-state index contributed by atoms with van der Waals surface area (Å²) in [5.74, 6) is 0. The van der Waals surface area contributed by atoms with Gasteiger partial charge in [-0.3, -0.25) is 0 Å². The molecule has 0 unspecified atom stereocenters. The van der Waals surface area contributed by atoms with Crippen LogP contribution in [-0.4, -0.2) is 0 Å². The molecule has 1 fully saturated rings. The van der Waals surface area contributed by atoms with Crippen molar-refractivity contribution >= 4 is 21.9 Å². The predicted octanol–water partition coefficient (Wildman–Crippen LogP) is 10.4. The first-order valence-electron chi connectivity index (χ1n) is 15.9. The van der Waals surface area contributed by atoms with E-state index in [9.17, 15) is 0 Å². The standard InChI is InChI=1S/C35H36O/c1-23-13-14-25(28-10-8-11-30-29-9-6-7-12-32(29)36-33(28)30)22-31(23)27-16-15-26(21-24(27)2)35(5)19-17-34(3,4)18-20-35/h6-16,21-22H,17-20H2,1-5H3/i1D3,2D3. The molecule has 1 saturated carbocycles. The number of para-hydroxylation sites is 2. The fourth-order valence-electron chi connectivity index (χ4n) is 5.83. The average molecular weight is 479 g/mol. The van der Waals surface area contributed by atoms with Crippen LogP contribution in [0.2, 0.25) is 0 Å². The molecule has 0 aliphatic heterocycles. The van der Waals surface area contributed by atoms with Gasteiger partial charge in [-0.15, -0.1) is 0 Å². The third kappa shape index (κ3) is 3.86. The molecule has 1 heteroatoms. The van der Waals surface area contributed by atoms with Gasteiger partial charge in [0, 0.05) is 24.6 Å². The maximum Gasteiger partial charge on any atom is 0.143 e. The van der Waals surface area contributed by atoms with Crippen molar-refractivity contribution in [2.75, 3.05) is 0 Å². The van der Waals surface area contributed by atoms with E-state index < -0.39 is 13.7 Å². The van der Waals surface area contributed by atoms with E-state index >= 15 is 0 Å². The number of hydrogen-bond acceptors (Lipinski definition) is 1. The third-order valence-corrected chi connectivity index (χ3v) is 8.45. The summed E-state index contributed by atoms with van der Waals surface area (Å²) in [6.45, 7) is 1.96. The van der Waals surface area contributed by atoms with Gasteiger partial charge in [0.05, 0.1) is 0 Å². The third-order valence-electron chi connectivity index (χ3n) is 8.45. The first-order valence-corrected chi connectivity index (χ1v) is 12.9. The maximum absolute atomic E-state index is 8.49. The van der Waals surface area contributed by atoms with Gasteiger partial charge in [0.1, 0.15) is 11.2 Å². The van der Waals surface area contributed by atoms with E-state index in [1.807, 2.05) is 66.7 Å². The van der Waals surface area contributed by atoms with E-state index in [0.29, 0.717) is 16.7 Å². The Morgan fingerprint density at radius 3 is 2.25 bits per heavy atom. The minimum atomic E-state index is -2.43. The summed E-state index contributed by atoms with van der Waals surface area (Å²) in [6, 6.07) is 24.7. The van der Waals surface area contributed by atoms with Gasteiger partial charge in [0.2, 0.25) is 0 Å². The van der Waals surface area contributed by atoms with E-state index in [1.54, 1.807) is 12.1 Å². The number of hydrogen-bond donors (Lipinski definition) is 0. The van der Waals surface area contributed by atoms with Crippen molar-refractivity contribution in [3.05, 3.63) is 95.6 Å². The molecule has 0 radical (unpaired) electrons. The van der Waals surface area contributed by atoms with Gasteiger partial charge >= 0.3 is 0 Å². The summed E-state index contributed by atoms with van der Waals surface area (Å²) in [4.78, 5) is 0. The number of fused-ring (bicyclic) bond motifs is 3. The quantitative estimate of drug-likeness (QED) is 0.251. The van der Waals surface area contributed by atoms with Crippen LogP contribution in [0, 0.1) is 19.1 Å². The van der Waals surface area contributed by atoms with Crippen LogP contribution in [0.15, 0.2) is 83.3 Å². The molecule has 0 bridgehead atoms. The zero-order chi connectivity index (χ0) is 30.1. The Hall–Kier alpha value is -3.32. The highest BCUT2D eigenvalue weighted by Crippen LogP contribution is 2.47. The van der Waals surface area contributed by atoms with Gasteiger partial charge in [-0.25, -0.2) is 0 Å². The molecule has 182 valence electrons. The molecular weight excluding hydrogens is 436 g/mol. The van der Waals surface area contributed by atoms with E-state index in [1.165, 1.54) is 0 Å². The van der Waals surface area contributed by atoms with Crippen LogP contribution in [0.3, 0.4) is 0 Å². The Bertz CT molecular complexity index is 1790. The smallest absolute Gasteiger partial charge is 0.143 e. The van der Waals surface area contributed by atoms with Crippen molar-refractivity contribution in [2.24, 2.45) is 5.41 Å². The molecule has 5 aromatic rings. The minimum absolute atomic E-state index is 0.125. The molecule has 1 nitrogen and oxygen atoms in total. The fraction of sp³-hybridized carbons (Fsp3) is 0.314. The van der Waals surface area contributed by atoms with Crippen LogP contribution < -0.4 is 0 Å². The second-order valence-electron chi connectivity index (χ2n) is 11.5. The second-order valence-corrected chi connectivity index (χ2v) is 11.5. The molecule has 1 aliphatic carbocycles. The number of aryl methyl sites for hydroxylation is 2. The van der Waals surface area contributed by atoms with Crippen LogP contribution in [0.5, 0.6) is 0 Å². The van der Waals surface area contributed by atoms with Crippen LogP contribution >= 0.6 is 0 Å². The van der Waals surface area contributed by atoms with Crippen LogP contribution in [-0.2, 0) is 5.41 Å². The molecule has 0 atom stereocenters. The van der Waals surface area contributed by atoms with Gasteiger partial charge in [-0.2, -0.15) is 0 Å². The van der Waals surface area contributed by atoms with Crippen molar-refractivity contribution in [1.29, 1.82) is 0 Å². The lowest BCUT2D eigenvalue weighted by Crippen LogP contribution is -2.32. The van der Waals surface area contributed by atoms with Gasteiger partial charge < -0.3 is 4.42 Å². The van der Waals surface area contributed by atoms with Crippen molar-refractivity contribution in [3.63, 3.8) is 0 Å². The Kier molecular flexibility index (Phi) is 4.00. The van der Waals surface area contributed by atoms with Gasteiger partial charge in [0.15, 0.2) is 0 Å². The number of benzene rings is 4. The molecule has 6 rings (SSSR count). The summed E-state index contributed by atoms with van der Waals surface area (Å²) in [7, 11) is 0. The fourth-order valence-corrected chi connectivity index (χ4v) is 5.83. The van der Waals surface area contributed by atoms with Crippen molar-refractivity contribution in [2.45, 2.75) is 65.6 Å². The molecule has 1 aliphatic rings. The van der Waals surface area contributed by atoms with Crippen molar-refractivity contribution in [3.8, 4) is 22.3 Å². The highest BCUT2D eigenvalue weighted by Gasteiger charge is 2.36. The van der Waals surface area contributed by atoms with E-state index in [4.69, 9.17) is 12.6 Å². The first-order chi connectivity index (χ1) is 19.7. The van der Waals surface area contributed by atoms with E-state index in [-0.39, 0.29) is 22.0 Å². The molecule has 36 heavy (non-hydrogen) atoms. The first kappa shape index (κ1) is 17.2. The zero-order valence-electron chi connectivity index (χ0n) is 27.2. The van der Waals surface area contributed by atoms with E-state index in [0.717, 1.165) is 58.7 Å². The highest BCUT2D eigenvalue weighted by molar-refractivity contribution is 6.09. The second kappa shape index (κ2) is 8.37. The van der Waals surface area contributed by atoms with Crippen LogP contribution in [0.1, 0.15) is 71.4 Å². The van der Waals surface area contributed by atoms with Gasteiger partial charge in [-0.1, -0.05) is 87.5 Å². The molecule has 0 amide bonds. The summed E-state index contributed by atoms with van der Waals surface area (Å²) >= 11 is 0. The molecule has 1 heterocycles. The normalized spacial score (nSPS) is 20.2. The monoisotopic (exact) mass is 478 g/mol.